The smallest absolute Gasteiger partial charge is 0.255 e. The molecule has 1 heterocycles. The Hall–Kier alpha value is -3.55. The van der Waals surface area contributed by atoms with Crippen molar-refractivity contribution in [2.45, 2.75) is 6.54 Å². The highest BCUT2D eigenvalue weighted by molar-refractivity contribution is 6.04. The van der Waals surface area contributed by atoms with Crippen LogP contribution >= 0.6 is 0 Å². The fourth-order valence-electron chi connectivity index (χ4n) is 2.42. The zero-order valence-corrected chi connectivity index (χ0v) is 14.8. The molecule has 0 fully saturated rings. The van der Waals surface area contributed by atoms with Crippen LogP contribution in [-0.2, 0) is 6.54 Å². The van der Waals surface area contributed by atoms with Crippen LogP contribution in [0.1, 0.15) is 15.9 Å². The predicted octanol–water partition coefficient (Wildman–Crippen LogP) is 4.37. The molecular formula is C20H16F3N3O2. The number of benzene rings is 2. The summed E-state index contributed by atoms with van der Waals surface area (Å²) in [5.41, 5.74) is 0.700. The van der Waals surface area contributed by atoms with E-state index in [-0.39, 0.29) is 5.56 Å². The van der Waals surface area contributed by atoms with Gasteiger partial charge in [-0.05, 0) is 42.0 Å². The molecule has 1 aromatic heterocycles. The lowest BCUT2D eigenvalue weighted by Gasteiger charge is -2.10. The van der Waals surface area contributed by atoms with Crippen molar-refractivity contribution in [2.75, 3.05) is 17.7 Å². The summed E-state index contributed by atoms with van der Waals surface area (Å²) in [5, 5.41) is 5.29. The molecule has 0 aliphatic heterocycles. The van der Waals surface area contributed by atoms with Gasteiger partial charge in [-0.2, -0.15) is 0 Å². The second-order valence-electron chi connectivity index (χ2n) is 5.81. The number of anilines is 2. The molecule has 2 N–H and O–H groups in total. The van der Waals surface area contributed by atoms with Crippen molar-refractivity contribution in [1.29, 1.82) is 0 Å². The SMILES string of the molecule is COc1ccc(CNc2cc(C(=O)Nc3ccc(F)c(F)c3F)ccn2)cc1. The van der Waals surface area contributed by atoms with Gasteiger partial charge in [0.25, 0.3) is 5.91 Å². The molecule has 0 unspecified atom stereocenters. The Morgan fingerprint density at radius 2 is 1.79 bits per heavy atom. The zero-order chi connectivity index (χ0) is 20.1. The summed E-state index contributed by atoms with van der Waals surface area (Å²) in [6, 6.07) is 12.0. The standard InChI is InChI=1S/C20H16F3N3O2/c1-28-14-4-2-12(3-5-14)11-25-17-10-13(8-9-24-17)20(27)26-16-7-6-15(21)18(22)19(16)23/h2-10H,11H2,1H3,(H,24,25)(H,26,27). The van der Waals surface area contributed by atoms with Crippen molar-refractivity contribution in [3.05, 3.63) is 83.3 Å². The molecule has 0 saturated heterocycles. The molecule has 0 aliphatic rings. The van der Waals surface area contributed by atoms with E-state index in [1.807, 2.05) is 24.3 Å². The molecule has 8 heteroatoms. The molecule has 0 radical (unpaired) electrons. The third-order valence-corrected chi connectivity index (χ3v) is 3.94. The second kappa shape index (κ2) is 8.43. The molecule has 0 atom stereocenters. The molecule has 1 amide bonds. The van der Waals surface area contributed by atoms with Crippen LogP contribution in [0.4, 0.5) is 24.7 Å². The number of ether oxygens (including phenoxy) is 1. The molecule has 0 saturated carbocycles. The molecule has 0 aliphatic carbocycles. The van der Waals surface area contributed by atoms with E-state index in [4.69, 9.17) is 4.74 Å². The van der Waals surface area contributed by atoms with Gasteiger partial charge in [-0.3, -0.25) is 4.79 Å². The fraction of sp³-hybridized carbons (Fsp3) is 0.100. The van der Waals surface area contributed by atoms with Gasteiger partial charge in [0.15, 0.2) is 17.5 Å². The number of nitrogens with one attached hydrogen (secondary N) is 2. The molecule has 144 valence electrons. The minimum absolute atomic E-state index is 0.177. The highest BCUT2D eigenvalue weighted by Crippen LogP contribution is 2.21. The first kappa shape index (κ1) is 19.2. The Labute approximate surface area is 159 Å². The Morgan fingerprint density at radius 1 is 1.04 bits per heavy atom. The van der Waals surface area contributed by atoms with Gasteiger partial charge in [-0.1, -0.05) is 12.1 Å². The summed E-state index contributed by atoms with van der Waals surface area (Å²) in [5.74, 6) is -3.95. The molecule has 3 rings (SSSR count). The zero-order valence-electron chi connectivity index (χ0n) is 14.8. The van der Waals surface area contributed by atoms with E-state index in [1.54, 1.807) is 7.11 Å². The van der Waals surface area contributed by atoms with Crippen LogP contribution < -0.4 is 15.4 Å². The highest BCUT2D eigenvalue weighted by atomic mass is 19.2. The number of hydrogen-bond acceptors (Lipinski definition) is 4. The molecule has 2 aromatic carbocycles. The highest BCUT2D eigenvalue weighted by Gasteiger charge is 2.16. The number of carbonyl (C=O) groups is 1. The summed E-state index contributed by atoms with van der Waals surface area (Å²) in [7, 11) is 1.58. The van der Waals surface area contributed by atoms with Gasteiger partial charge in [0, 0.05) is 18.3 Å². The minimum Gasteiger partial charge on any atom is -0.497 e. The third-order valence-electron chi connectivity index (χ3n) is 3.94. The van der Waals surface area contributed by atoms with Gasteiger partial charge in [0.2, 0.25) is 0 Å². The predicted molar refractivity (Wildman–Crippen MR) is 98.8 cm³/mol. The van der Waals surface area contributed by atoms with Gasteiger partial charge in [0.05, 0.1) is 12.8 Å². The molecular weight excluding hydrogens is 371 g/mol. The quantitative estimate of drug-likeness (QED) is 0.617. The monoisotopic (exact) mass is 387 g/mol. The van der Waals surface area contributed by atoms with Gasteiger partial charge in [-0.15, -0.1) is 0 Å². The van der Waals surface area contributed by atoms with Gasteiger partial charge >= 0.3 is 0 Å². The van der Waals surface area contributed by atoms with E-state index in [0.29, 0.717) is 12.4 Å². The number of pyridine rings is 1. The lowest BCUT2D eigenvalue weighted by molar-refractivity contribution is 0.102. The van der Waals surface area contributed by atoms with Crippen LogP contribution in [0.5, 0.6) is 5.75 Å². The second-order valence-corrected chi connectivity index (χ2v) is 5.81. The minimum atomic E-state index is -1.64. The molecule has 5 nitrogen and oxygen atoms in total. The largest absolute Gasteiger partial charge is 0.497 e. The molecule has 3 aromatic rings. The maximum absolute atomic E-state index is 13.7. The van der Waals surface area contributed by atoms with Crippen molar-refractivity contribution in [3.63, 3.8) is 0 Å². The van der Waals surface area contributed by atoms with E-state index in [9.17, 15) is 18.0 Å². The van der Waals surface area contributed by atoms with Crippen LogP contribution in [0.2, 0.25) is 0 Å². The molecule has 0 bridgehead atoms. The number of hydrogen-bond donors (Lipinski definition) is 2. The van der Waals surface area contributed by atoms with E-state index in [2.05, 4.69) is 15.6 Å². The maximum atomic E-state index is 13.7. The Morgan fingerprint density at radius 3 is 2.50 bits per heavy atom. The van der Waals surface area contributed by atoms with Crippen molar-refractivity contribution in [3.8, 4) is 5.75 Å². The summed E-state index contributed by atoms with van der Waals surface area (Å²) in [6.07, 6.45) is 1.41. The lowest BCUT2D eigenvalue weighted by atomic mass is 10.2. The van der Waals surface area contributed by atoms with Crippen molar-refractivity contribution in [2.24, 2.45) is 0 Å². The normalized spacial score (nSPS) is 10.4. The van der Waals surface area contributed by atoms with Crippen LogP contribution in [0, 0.1) is 17.5 Å². The van der Waals surface area contributed by atoms with E-state index in [1.165, 1.54) is 18.3 Å². The van der Waals surface area contributed by atoms with Gasteiger partial charge in [-0.25, -0.2) is 18.2 Å². The van der Waals surface area contributed by atoms with Crippen LogP contribution in [0.25, 0.3) is 0 Å². The molecule has 28 heavy (non-hydrogen) atoms. The van der Waals surface area contributed by atoms with E-state index >= 15 is 0 Å². The van der Waals surface area contributed by atoms with Crippen molar-refractivity contribution < 1.29 is 22.7 Å². The topological polar surface area (TPSA) is 63.2 Å². The fourth-order valence-corrected chi connectivity index (χ4v) is 2.42. The van der Waals surface area contributed by atoms with Crippen LogP contribution in [0.15, 0.2) is 54.7 Å². The number of nitrogens with zero attached hydrogens (tertiary/aromatic N) is 1. The lowest BCUT2D eigenvalue weighted by Crippen LogP contribution is -2.14. The van der Waals surface area contributed by atoms with E-state index in [0.717, 1.165) is 23.4 Å². The number of rotatable bonds is 6. The Balaban J connectivity index is 1.68. The van der Waals surface area contributed by atoms with Crippen LogP contribution in [-0.4, -0.2) is 18.0 Å². The van der Waals surface area contributed by atoms with Gasteiger partial charge in [0.1, 0.15) is 11.6 Å². The third kappa shape index (κ3) is 4.40. The number of amides is 1. The first-order valence-corrected chi connectivity index (χ1v) is 8.25. The summed E-state index contributed by atoms with van der Waals surface area (Å²) in [6.45, 7) is 0.458. The average molecular weight is 387 g/mol. The number of halogens is 3. The van der Waals surface area contributed by atoms with Crippen molar-refractivity contribution in [1.82, 2.24) is 4.98 Å². The van der Waals surface area contributed by atoms with Crippen LogP contribution in [0.3, 0.4) is 0 Å². The average Bonchev–Trinajstić information content (AvgIpc) is 2.73. The van der Waals surface area contributed by atoms with E-state index < -0.39 is 29.0 Å². The number of aromatic nitrogens is 1. The number of methoxy groups -OCH3 is 1. The summed E-state index contributed by atoms with van der Waals surface area (Å²) < 4.78 is 45.1. The Bertz CT molecular complexity index is 994. The van der Waals surface area contributed by atoms with Gasteiger partial charge < -0.3 is 15.4 Å². The summed E-state index contributed by atoms with van der Waals surface area (Å²) >= 11 is 0. The summed E-state index contributed by atoms with van der Waals surface area (Å²) in [4.78, 5) is 16.4. The maximum Gasteiger partial charge on any atom is 0.255 e. The Kier molecular flexibility index (Phi) is 5.78. The first-order chi connectivity index (χ1) is 13.5. The van der Waals surface area contributed by atoms with Crippen molar-refractivity contribution >= 4 is 17.4 Å². The molecule has 0 spiro atoms. The first-order valence-electron chi connectivity index (χ1n) is 8.25. The number of carbonyl (C=O) groups excluding carboxylic acids is 1.